The van der Waals surface area contributed by atoms with E-state index in [1.807, 2.05) is 24.9 Å². The molecule has 1 heterocycles. The number of ether oxygens (including phenoxy) is 1. The standard InChI is InChI=1S/C31H33Cl2F3N4O4/c1-18-14-40(19(2)17-41)29(42)23-5-4-6-26(38-30(43)37-22-10-8-21(9-11-22)31(34,35)36)28(23)44-27(18)16-39(3)15-20-7-12-24(32)25(33)13-20/h4-13,18-19,27,41H,14-17H2,1-3H3,(H2,37,38,43)/t18-,19-,27+/m1/s1. The van der Waals surface area contributed by atoms with Crippen LogP contribution >= 0.6 is 23.2 Å². The van der Waals surface area contributed by atoms with Crippen LogP contribution in [0.1, 0.15) is 35.3 Å². The summed E-state index contributed by atoms with van der Waals surface area (Å²) in [6.07, 6.45) is -4.96. The molecule has 0 aromatic heterocycles. The number of anilines is 2. The third kappa shape index (κ3) is 8.15. The molecule has 44 heavy (non-hydrogen) atoms. The number of aliphatic hydroxyl groups excluding tert-OH is 1. The van der Waals surface area contributed by atoms with Gasteiger partial charge in [0.25, 0.3) is 5.91 Å². The number of nitrogens with zero attached hydrogens (tertiary/aromatic N) is 2. The van der Waals surface area contributed by atoms with Gasteiger partial charge in [-0.05, 0) is 68.1 Å². The molecule has 13 heteroatoms. The van der Waals surface area contributed by atoms with Gasteiger partial charge in [-0.25, -0.2) is 4.79 Å². The first-order valence-corrected chi connectivity index (χ1v) is 14.6. The summed E-state index contributed by atoms with van der Waals surface area (Å²) in [5, 5.41) is 16.0. The van der Waals surface area contributed by atoms with Crippen molar-refractivity contribution in [3.8, 4) is 5.75 Å². The van der Waals surface area contributed by atoms with Crippen molar-refractivity contribution in [3.05, 3.63) is 87.4 Å². The Balaban J connectivity index is 1.60. The molecule has 3 aromatic carbocycles. The average Bonchev–Trinajstić information content (AvgIpc) is 2.96. The van der Waals surface area contributed by atoms with Gasteiger partial charge in [0.05, 0.1) is 39.5 Å². The van der Waals surface area contributed by atoms with Crippen LogP contribution in [0, 0.1) is 5.92 Å². The SMILES string of the molecule is C[C@@H]1CN([C@H](C)CO)C(=O)c2cccc(NC(=O)Nc3ccc(C(F)(F)F)cc3)c2O[C@H]1CN(C)Cc1ccc(Cl)c(Cl)c1. The number of rotatable bonds is 8. The lowest BCUT2D eigenvalue weighted by molar-refractivity contribution is -0.137. The van der Waals surface area contributed by atoms with E-state index in [9.17, 15) is 27.9 Å². The minimum absolute atomic E-state index is 0.143. The molecule has 0 saturated heterocycles. The summed E-state index contributed by atoms with van der Waals surface area (Å²) in [5.74, 6) is -0.413. The number of hydrogen-bond acceptors (Lipinski definition) is 5. The fourth-order valence-corrected chi connectivity index (χ4v) is 5.23. The minimum Gasteiger partial charge on any atom is -0.486 e. The Kier molecular flexibility index (Phi) is 10.7. The van der Waals surface area contributed by atoms with Gasteiger partial charge in [0.2, 0.25) is 0 Å². The fourth-order valence-electron chi connectivity index (χ4n) is 4.91. The van der Waals surface area contributed by atoms with Crippen molar-refractivity contribution in [2.24, 2.45) is 5.92 Å². The summed E-state index contributed by atoms with van der Waals surface area (Å²) in [7, 11) is 1.92. The molecule has 3 N–H and O–H groups in total. The number of carbonyl (C=O) groups is 2. The highest BCUT2D eigenvalue weighted by Crippen LogP contribution is 2.35. The summed E-state index contributed by atoms with van der Waals surface area (Å²) in [6.45, 7) is 4.73. The van der Waals surface area contributed by atoms with Crippen LogP contribution in [-0.2, 0) is 12.7 Å². The lowest BCUT2D eigenvalue weighted by Crippen LogP contribution is -2.49. The molecule has 3 aromatic rings. The topological polar surface area (TPSA) is 94.1 Å². The molecule has 4 rings (SSSR count). The number of urea groups is 1. The number of para-hydroxylation sites is 1. The van der Waals surface area contributed by atoms with Gasteiger partial charge in [0, 0.05) is 31.2 Å². The van der Waals surface area contributed by atoms with Gasteiger partial charge in [-0.15, -0.1) is 0 Å². The Labute approximate surface area is 263 Å². The zero-order valence-corrected chi connectivity index (χ0v) is 25.8. The van der Waals surface area contributed by atoms with Crippen LogP contribution in [0.5, 0.6) is 5.75 Å². The number of aliphatic hydroxyl groups is 1. The van der Waals surface area contributed by atoms with Crippen molar-refractivity contribution in [3.63, 3.8) is 0 Å². The predicted octanol–water partition coefficient (Wildman–Crippen LogP) is 7.01. The highest BCUT2D eigenvalue weighted by Gasteiger charge is 2.35. The van der Waals surface area contributed by atoms with E-state index in [4.69, 9.17) is 27.9 Å². The zero-order valence-electron chi connectivity index (χ0n) is 24.3. The number of amides is 3. The monoisotopic (exact) mass is 652 g/mol. The van der Waals surface area contributed by atoms with Crippen molar-refractivity contribution < 1.29 is 32.6 Å². The number of alkyl halides is 3. The maximum Gasteiger partial charge on any atom is 0.416 e. The van der Waals surface area contributed by atoms with Crippen molar-refractivity contribution in [1.82, 2.24) is 9.80 Å². The van der Waals surface area contributed by atoms with Crippen LogP contribution in [0.25, 0.3) is 0 Å². The van der Waals surface area contributed by atoms with Gasteiger partial charge in [0.1, 0.15) is 6.10 Å². The van der Waals surface area contributed by atoms with E-state index in [1.165, 1.54) is 0 Å². The fraction of sp³-hybridized carbons (Fsp3) is 0.355. The van der Waals surface area contributed by atoms with E-state index in [-0.39, 0.29) is 41.1 Å². The van der Waals surface area contributed by atoms with Crippen molar-refractivity contribution in [2.45, 2.75) is 38.7 Å². The molecule has 1 aliphatic heterocycles. The van der Waals surface area contributed by atoms with E-state index in [2.05, 4.69) is 10.6 Å². The van der Waals surface area contributed by atoms with Crippen molar-refractivity contribution >= 4 is 46.5 Å². The summed E-state index contributed by atoms with van der Waals surface area (Å²) in [4.78, 5) is 30.2. The van der Waals surface area contributed by atoms with Gasteiger partial charge in [-0.2, -0.15) is 13.2 Å². The Morgan fingerprint density at radius 2 is 1.82 bits per heavy atom. The van der Waals surface area contributed by atoms with Gasteiger partial charge < -0.3 is 25.4 Å². The largest absolute Gasteiger partial charge is 0.486 e. The van der Waals surface area contributed by atoms with Gasteiger partial charge in [-0.3, -0.25) is 9.69 Å². The lowest BCUT2D eigenvalue weighted by Gasteiger charge is -2.38. The smallest absolute Gasteiger partial charge is 0.416 e. The molecule has 0 bridgehead atoms. The number of likely N-dealkylation sites (N-methyl/N-ethyl adjacent to an activating group) is 1. The second-order valence-corrected chi connectivity index (χ2v) is 11.7. The van der Waals surface area contributed by atoms with Crippen LogP contribution in [0.3, 0.4) is 0 Å². The molecule has 236 valence electrons. The highest BCUT2D eigenvalue weighted by atomic mass is 35.5. The summed E-state index contributed by atoms with van der Waals surface area (Å²) in [6, 6.07) is 12.9. The second-order valence-electron chi connectivity index (χ2n) is 10.9. The summed E-state index contributed by atoms with van der Waals surface area (Å²) < 4.78 is 45.3. The molecule has 3 amide bonds. The average molecular weight is 654 g/mol. The van der Waals surface area contributed by atoms with Crippen molar-refractivity contribution in [1.29, 1.82) is 0 Å². The summed E-state index contributed by atoms with van der Waals surface area (Å²) >= 11 is 12.3. The zero-order chi connectivity index (χ0) is 32.2. The highest BCUT2D eigenvalue weighted by molar-refractivity contribution is 6.42. The third-order valence-electron chi connectivity index (χ3n) is 7.34. The first-order valence-electron chi connectivity index (χ1n) is 13.9. The van der Waals surface area contributed by atoms with Crippen LogP contribution in [0.15, 0.2) is 60.7 Å². The molecule has 0 fully saturated rings. The number of hydrogen-bond donors (Lipinski definition) is 3. The van der Waals surface area contributed by atoms with E-state index >= 15 is 0 Å². The molecule has 0 radical (unpaired) electrons. The number of halogens is 5. The Morgan fingerprint density at radius 3 is 2.45 bits per heavy atom. The maximum absolute atomic E-state index is 13.7. The molecule has 0 unspecified atom stereocenters. The molecule has 1 aliphatic rings. The second kappa shape index (κ2) is 14.1. The molecule has 0 aliphatic carbocycles. The van der Waals surface area contributed by atoms with E-state index in [0.717, 1.165) is 29.8 Å². The van der Waals surface area contributed by atoms with Crippen LogP contribution < -0.4 is 15.4 Å². The van der Waals surface area contributed by atoms with Crippen molar-refractivity contribution in [2.75, 3.05) is 37.4 Å². The van der Waals surface area contributed by atoms with Gasteiger partial charge in [0.15, 0.2) is 5.75 Å². The van der Waals surface area contributed by atoms with Crippen LogP contribution in [-0.4, -0.2) is 65.7 Å². The molecule has 0 spiro atoms. The van der Waals surface area contributed by atoms with Gasteiger partial charge in [-0.1, -0.05) is 42.3 Å². The quantitative estimate of drug-likeness (QED) is 0.243. The third-order valence-corrected chi connectivity index (χ3v) is 8.08. The number of benzene rings is 3. The Bertz CT molecular complexity index is 1490. The van der Waals surface area contributed by atoms with Crippen LogP contribution in [0.2, 0.25) is 10.0 Å². The van der Waals surface area contributed by atoms with Crippen LogP contribution in [0.4, 0.5) is 29.3 Å². The Morgan fingerprint density at radius 1 is 1.11 bits per heavy atom. The molecular formula is C31H33Cl2F3N4O4. The number of carbonyl (C=O) groups excluding carboxylic acids is 2. The molecular weight excluding hydrogens is 620 g/mol. The lowest BCUT2D eigenvalue weighted by atomic mass is 9.99. The summed E-state index contributed by atoms with van der Waals surface area (Å²) in [5.41, 5.74) is 0.633. The first-order chi connectivity index (χ1) is 20.8. The normalized spacial score (nSPS) is 17.8. The maximum atomic E-state index is 13.7. The number of nitrogens with one attached hydrogen (secondary N) is 2. The molecule has 8 nitrogen and oxygen atoms in total. The Hall–Kier alpha value is -3.51. The minimum atomic E-state index is -4.50. The molecule has 0 saturated carbocycles. The first kappa shape index (κ1) is 33.4. The van der Waals surface area contributed by atoms with E-state index in [1.54, 1.807) is 42.2 Å². The van der Waals surface area contributed by atoms with E-state index in [0.29, 0.717) is 29.7 Å². The molecule has 3 atom stereocenters. The number of fused-ring (bicyclic) bond motifs is 1. The van der Waals surface area contributed by atoms with E-state index < -0.39 is 29.9 Å². The predicted molar refractivity (Wildman–Crippen MR) is 164 cm³/mol. The van der Waals surface area contributed by atoms with Gasteiger partial charge >= 0.3 is 12.2 Å².